The van der Waals surface area contributed by atoms with E-state index in [1.165, 1.54) is 11.7 Å². The molecular weight excluding hydrogens is 432 g/mol. The van der Waals surface area contributed by atoms with Crippen molar-refractivity contribution in [2.75, 3.05) is 7.11 Å². The van der Waals surface area contributed by atoms with Crippen molar-refractivity contribution in [1.29, 1.82) is 0 Å². The molecule has 168 valence electrons. The smallest absolute Gasteiger partial charge is 0.419 e. The zero-order valence-corrected chi connectivity index (χ0v) is 19.1. The minimum absolute atomic E-state index is 0.127. The van der Waals surface area contributed by atoms with Gasteiger partial charge in [0.1, 0.15) is 11.6 Å². The molecule has 1 heterocycles. The number of rotatable bonds is 5. The molecule has 0 fully saturated rings. The fraction of sp³-hybridized carbons (Fsp3) is 0.292. The van der Waals surface area contributed by atoms with Gasteiger partial charge < -0.3 is 14.8 Å². The molecule has 32 heavy (non-hydrogen) atoms. The van der Waals surface area contributed by atoms with Crippen molar-refractivity contribution in [1.82, 2.24) is 9.88 Å². The van der Waals surface area contributed by atoms with Crippen LogP contribution in [0.4, 0.5) is 4.79 Å². The highest BCUT2D eigenvalue weighted by atomic mass is 35.5. The number of carbonyl (C=O) groups excluding carboxylic acids is 3. The number of esters is 1. The van der Waals surface area contributed by atoms with Crippen LogP contribution in [-0.2, 0) is 20.7 Å². The summed E-state index contributed by atoms with van der Waals surface area (Å²) in [6.45, 7) is 5.37. The lowest BCUT2D eigenvalue weighted by Gasteiger charge is -2.19. The first-order chi connectivity index (χ1) is 15.1. The van der Waals surface area contributed by atoms with Crippen LogP contribution in [0.1, 0.15) is 36.7 Å². The summed E-state index contributed by atoms with van der Waals surface area (Å²) in [7, 11) is 1.26. The third kappa shape index (κ3) is 5.48. The number of hydrogen-bond acceptors (Lipinski definition) is 5. The summed E-state index contributed by atoms with van der Waals surface area (Å²) in [6.07, 6.45) is 1.23. The molecule has 1 N–H and O–H groups in total. The van der Waals surface area contributed by atoms with Crippen LogP contribution in [-0.4, -0.2) is 41.3 Å². The largest absolute Gasteiger partial charge is 0.467 e. The number of para-hydroxylation sites is 1. The van der Waals surface area contributed by atoms with Gasteiger partial charge in [-0.3, -0.25) is 9.36 Å². The van der Waals surface area contributed by atoms with Gasteiger partial charge in [-0.15, -0.1) is 0 Å². The predicted molar refractivity (Wildman–Crippen MR) is 122 cm³/mol. The second-order valence-electron chi connectivity index (χ2n) is 8.28. The Labute approximate surface area is 191 Å². The first kappa shape index (κ1) is 23.3. The molecule has 0 bridgehead atoms. The number of carbonyl (C=O) groups is 3. The van der Waals surface area contributed by atoms with E-state index in [0.29, 0.717) is 21.7 Å². The minimum Gasteiger partial charge on any atom is -0.467 e. The van der Waals surface area contributed by atoms with E-state index < -0.39 is 29.6 Å². The Morgan fingerprint density at radius 3 is 2.34 bits per heavy atom. The number of nitrogens with one attached hydrogen (secondary N) is 1. The van der Waals surface area contributed by atoms with Crippen molar-refractivity contribution in [2.45, 2.75) is 38.8 Å². The molecule has 1 atom stereocenters. The Morgan fingerprint density at radius 1 is 1.06 bits per heavy atom. The maximum absolute atomic E-state index is 12.7. The van der Waals surface area contributed by atoms with Crippen molar-refractivity contribution >= 4 is 40.5 Å². The number of fused-ring (bicyclic) bond motifs is 1. The van der Waals surface area contributed by atoms with Gasteiger partial charge in [0, 0.05) is 28.6 Å². The maximum atomic E-state index is 12.7. The van der Waals surface area contributed by atoms with Crippen molar-refractivity contribution in [3.05, 3.63) is 70.9 Å². The highest BCUT2D eigenvalue weighted by molar-refractivity contribution is 6.30. The monoisotopic (exact) mass is 456 g/mol. The zero-order chi connectivity index (χ0) is 23.5. The van der Waals surface area contributed by atoms with Crippen LogP contribution in [0.25, 0.3) is 10.9 Å². The van der Waals surface area contributed by atoms with Gasteiger partial charge in [-0.2, -0.15) is 0 Å². The van der Waals surface area contributed by atoms with Gasteiger partial charge in [0.15, 0.2) is 0 Å². The SMILES string of the molecule is COC(=O)[C@H](Cc1cn(C(=O)OC(C)(C)C)c2ccccc12)NC(=O)c1ccc(Cl)cc1. The number of hydrogen-bond donors (Lipinski definition) is 1. The quantitative estimate of drug-likeness (QED) is 0.567. The summed E-state index contributed by atoms with van der Waals surface area (Å²) < 4.78 is 11.8. The Kier molecular flexibility index (Phi) is 6.89. The van der Waals surface area contributed by atoms with Gasteiger partial charge in [0.2, 0.25) is 0 Å². The molecule has 0 aliphatic heterocycles. The lowest BCUT2D eigenvalue weighted by atomic mass is 10.0. The molecule has 0 saturated carbocycles. The number of methoxy groups -OCH3 is 1. The van der Waals surface area contributed by atoms with Crippen molar-refractivity contribution in [3.63, 3.8) is 0 Å². The van der Waals surface area contributed by atoms with E-state index in [2.05, 4.69) is 5.32 Å². The number of aromatic nitrogens is 1. The molecule has 1 aromatic heterocycles. The van der Waals surface area contributed by atoms with Crippen LogP contribution in [0.3, 0.4) is 0 Å². The van der Waals surface area contributed by atoms with E-state index in [9.17, 15) is 14.4 Å². The van der Waals surface area contributed by atoms with Crippen molar-refractivity contribution in [2.24, 2.45) is 0 Å². The fourth-order valence-corrected chi connectivity index (χ4v) is 3.40. The zero-order valence-electron chi connectivity index (χ0n) is 18.3. The normalized spacial score (nSPS) is 12.3. The molecule has 7 nitrogen and oxygen atoms in total. The maximum Gasteiger partial charge on any atom is 0.419 e. The van der Waals surface area contributed by atoms with Crippen LogP contribution in [0.15, 0.2) is 54.7 Å². The molecule has 8 heteroatoms. The number of amides is 1. The highest BCUT2D eigenvalue weighted by Gasteiger charge is 2.26. The van der Waals surface area contributed by atoms with Gasteiger partial charge in [-0.1, -0.05) is 29.8 Å². The first-order valence-corrected chi connectivity index (χ1v) is 10.4. The third-order valence-corrected chi connectivity index (χ3v) is 4.96. The van der Waals surface area contributed by atoms with Gasteiger partial charge >= 0.3 is 12.1 Å². The second-order valence-corrected chi connectivity index (χ2v) is 8.72. The third-order valence-electron chi connectivity index (χ3n) is 4.71. The molecule has 1 amide bonds. The van der Waals surface area contributed by atoms with E-state index in [-0.39, 0.29) is 6.42 Å². The van der Waals surface area contributed by atoms with Gasteiger partial charge in [-0.05, 0) is 56.7 Å². The van der Waals surface area contributed by atoms with E-state index in [1.54, 1.807) is 57.3 Å². The summed E-state index contributed by atoms with van der Waals surface area (Å²) in [5.41, 5.74) is 1.03. The lowest BCUT2D eigenvalue weighted by Crippen LogP contribution is -2.43. The van der Waals surface area contributed by atoms with Crippen LogP contribution in [0, 0.1) is 0 Å². The molecular formula is C24H25ClN2O5. The van der Waals surface area contributed by atoms with Crippen LogP contribution < -0.4 is 5.32 Å². The van der Waals surface area contributed by atoms with E-state index in [0.717, 1.165) is 5.39 Å². The summed E-state index contributed by atoms with van der Waals surface area (Å²) in [5.74, 6) is -1.03. The lowest BCUT2D eigenvalue weighted by molar-refractivity contribution is -0.142. The van der Waals surface area contributed by atoms with Gasteiger partial charge in [-0.25, -0.2) is 9.59 Å². The fourth-order valence-electron chi connectivity index (χ4n) is 3.27. The Hall–Kier alpha value is -3.32. The summed E-state index contributed by atoms with van der Waals surface area (Å²) >= 11 is 5.88. The standard InChI is InChI=1S/C24H25ClN2O5/c1-24(2,3)32-23(30)27-14-16(18-7-5-6-8-20(18)27)13-19(22(29)31-4)26-21(28)15-9-11-17(25)12-10-15/h5-12,14,19H,13H2,1-4H3,(H,26,28)/t19-/m0/s1. The molecule has 3 rings (SSSR count). The van der Waals surface area contributed by atoms with Crippen LogP contribution >= 0.6 is 11.6 Å². The number of halogens is 1. The average Bonchev–Trinajstić information content (AvgIpc) is 3.10. The van der Waals surface area contributed by atoms with Gasteiger partial charge in [0.05, 0.1) is 12.6 Å². The topological polar surface area (TPSA) is 86.6 Å². The molecule has 0 unspecified atom stereocenters. The Bertz CT molecular complexity index is 1150. The second kappa shape index (κ2) is 9.44. The molecule has 0 saturated heterocycles. The summed E-state index contributed by atoms with van der Waals surface area (Å²) in [4.78, 5) is 37.8. The molecule has 0 radical (unpaired) electrons. The van der Waals surface area contributed by atoms with Crippen molar-refractivity contribution in [3.8, 4) is 0 Å². The molecule has 2 aromatic carbocycles. The number of benzene rings is 2. The molecule has 0 aliphatic rings. The Balaban J connectivity index is 1.92. The summed E-state index contributed by atoms with van der Waals surface area (Å²) in [6, 6.07) is 12.7. The highest BCUT2D eigenvalue weighted by Crippen LogP contribution is 2.24. The van der Waals surface area contributed by atoms with E-state index >= 15 is 0 Å². The number of nitrogens with zero attached hydrogens (tertiary/aromatic N) is 1. The average molecular weight is 457 g/mol. The molecule has 0 aliphatic carbocycles. The summed E-state index contributed by atoms with van der Waals surface area (Å²) in [5, 5.41) is 3.98. The van der Waals surface area contributed by atoms with Gasteiger partial charge in [0.25, 0.3) is 5.91 Å². The van der Waals surface area contributed by atoms with E-state index in [4.69, 9.17) is 21.1 Å². The predicted octanol–water partition coefficient (Wildman–Crippen LogP) is 4.59. The van der Waals surface area contributed by atoms with Crippen LogP contribution in [0.5, 0.6) is 0 Å². The minimum atomic E-state index is -0.957. The first-order valence-electron chi connectivity index (χ1n) is 10.1. The van der Waals surface area contributed by atoms with E-state index in [1.807, 2.05) is 18.2 Å². The molecule has 0 spiro atoms. The Morgan fingerprint density at radius 2 is 1.72 bits per heavy atom. The molecule has 3 aromatic rings. The number of ether oxygens (including phenoxy) is 2. The van der Waals surface area contributed by atoms with Crippen LogP contribution in [0.2, 0.25) is 5.02 Å². The van der Waals surface area contributed by atoms with Crippen molar-refractivity contribution < 1.29 is 23.9 Å².